The first-order valence-corrected chi connectivity index (χ1v) is 20.8. The van der Waals surface area contributed by atoms with Gasteiger partial charge in [-0.25, -0.2) is 0 Å². The first kappa shape index (κ1) is 46.4. The van der Waals surface area contributed by atoms with Crippen molar-refractivity contribution in [3.8, 4) is 0 Å². The number of carbonyl (C=O) groups excluding carboxylic acids is 1. The largest absolute Gasteiger partial charge is 0.394 e. The molecule has 3 N–H and O–H groups in total. The highest BCUT2D eigenvalue weighted by Crippen LogP contribution is 2.15. The molecule has 4 heteroatoms. The number of unbranched alkanes of at least 4 members (excludes halogenated alkanes) is 22. The second-order valence-electron chi connectivity index (χ2n) is 14.0. The summed E-state index contributed by atoms with van der Waals surface area (Å²) in [6.45, 7) is 4.20. The summed E-state index contributed by atoms with van der Waals surface area (Å²) in [7, 11) is 0. The summed E-state index contributed by atoms with van der Waals surface area (Å²) in [6, 6.07) is -0.532. The van der Waals surface area contributed by atoms with E-state index in [-0.39, 0.29) is 12.5 Å². The second kappa shape index (κ2) is 39.8. The summed E-state index contributed by atoms with van der Waals surface area (Å²) in [5, 5.41) is 22.9. The maximum absolute atomic E-state index is 12.3. The van der Waals surface area contributed by atoms with E-state index in [4.69, 9.17) is 0 Å². The number of aliphatic hydroxyl groups is 2. The molecule has 2 unspecified atom stereocenters. The van der Waals surface area contributed by atoms with Crippen molar-refractivity contribution in [2.24, 2.45) is 0 Å². The minimum atomic E-state index is -0.655. The summed E-state index contributed by atoms with van der Waals surface area (Å²) >= 11 is 0. The Hall–Kier alpha value is -1.65. The minimum absolute atomic E-state index is 0.0367. The summed E-state index contributed by atoms with van der Waals surface area (Å²) in [4.78, 5) is 12.3. The van der Waals surface area contributed by atoms with E-state index >= 15 is 0 Å². The van der Waals surface area contributed by atoms with Crippen molar-refractivity contribution in [3.63, 3.8) is 0 Å². The molecule has 0 fully saturated rings. The normalized spacial score (nSPS) is 13.5. The highest BCUT2D eigenvalue weighted by Gasteiger charge is 2.19. The lowest BCUT2D eigenvalue weighted by Gasteiger charge is -2.22. The van der Waals surface area contributed by atoms with Crippen molar-refractivity contribution in [1.82, 2.24) is 5.32 Å². The van der Waals surface area contributed by atoms with Crippen LogP contribution in [0, 0.1) is 0 Å². The van der Waals surface area contributed by atoms with Gasteiger partial charge in [-0.3, -0.25) is 4.79 Å². The first-order valence-electron chi connectivity index (χ1n) is 20.8. The maximum atomic E-state index is 12.3. The van der Waals surface area contributed by atoms with Gasteiger partial charge in [-0.05, 0) is 51.4 Å². The molecule has 0 rings (SSSR count). The van der Waals surface area contributed by atoms with Crippen molar-refractivity contribution in [2.75, 3.05) is 6.61 Å². The van der Waals surface area contributed by atoms with Crippen molar-refractivity contribution in [2.45, 2.75) is 219 Å². The van der Waals surface area contributed by atoms with E-state index in [1.807, 2.05) is 0 Å². The van der Waals surface area contributed by atoms with Crippen LogP contribution in [-0.4, -0.2) is 34.9 Å². The first-order chi connectivity index (χ1) is 23.7. The number of carbonyl (C=O) groups is 1. The van der Waals surface area contributed by atoms with Gasteiger partial charge < -0.3 is 15.5 Å². The van der Waals surface area contributed by atoms with Gasteiger partial charge in [0.2, 0.25) is 5.91 Å². The molecular formula is C44H81NO3. The van der Waals surface area contributed by atoms with Crippen LogP contribution in [0.2, 0.25) is 0 Å². The van der Waals surface area contributed by atoms with E-state index in [0.29, 0.717) is 12.8 Å². The van der Waals surface area contributed by atoms with Crippen molar-refractivity contribution in [3.05, 3.63) is 48.6 Å². The average molecular weight is 672 g/mol. The number of nitrogens with one attached hydrogen (secondary N) is 1. The summed E-state index contributed by atoms with van der Waals surface area (Å²) < 4.78 is 0. The van der Waals surface area contributed by atoms with Crippen LogP contribution in [0.1, 0.15) is 206 Å². The third kappa shape index (κ3) is 35.7. The second-order valence-corrected chi connectivity index (χ2v) is 14.0. The standard InChI is InChI=1S/C44H81NO3/c1-3-5-7-9-11-12-13-14-15-16-17-18-19-20-21-22-23-24-25-26-27-28-29-30-31-32-34-36-38-40-44(48)45-42(41-46)43(47)39-37-35-33-10-8-6-4-2/h5,7,11-12,14-15,17-18,42-43,46-47H,3-4,6,8-10,13,16,19-41H2,1-2H3,(H,45,48)/b7-5-,12-11-,15-14-,18-17-. The zero-order valence-corrected chi connectivity index (χ0v) is 32.0. The Morgan fingerprint density at radius 3 is 1.38 bits per heavy atom. The van der Waals surface area contributed by atoms with E-state index in [1.54, 1.807) is 0 Å². The molecule has 0 bridgehead atoms. The molecule has 0 aromatic carbocycles. The van der Waals surface area contributed by atoms with E-state index in [1.165, 1.54) is 128 Å². The minimum Gasteiger partial charge on any atom is -0.394 e. The topological polar surface area (TPSA) is 69.6 Å². The Kier molecular flexibility index (Phi) is 38.4. The fraction of sp³-hybridized carbons (Fsp3) is 0.795. The van der Waals surface area contributed by atoms with Crippen LogP contribution >= 0.6 is 0 Å². The molecule has 0 saturated carbocycles. The molecule has 0 heterocycles. The molecule has 0 aromatic heterocycles. The van der Waals surface area contributed by atoms with Crippen molar-refractivity contribution >= 4 is 5.91 Å². The predicted octanol–water partition coefficient (Wildman–Crippen LogP) is 12.8. The molecule has 2 atom stereocenters. The van der Waals surface area contributed by atoms with E-state index in [9.17, 15) is 15.0 Å². The Bertz CT molecular complexity index is 771. The number of aliphatic hydroxyl groups excluding tert-OH is 2. The number of rotatable bonds is 37. The molecule has 48 heavy (non-hydrogen) atoms. The van der Waals surface area contributed by atoms with Crippen LogP contribution < -0.4 is 5.32 Å². The van der Waals surface area contributed by atoms with Crippen LogP contribution in [0.3, 0.4) is 0 Å². The lowest BCUT2D eigenvalue weighted by atomic mass is 10.0. The van der Waals surface area contributed by atoms with E-state index in [2.05, 4.69) is 67.8 Å². The van der Waals surface area contributed by atoms with Crippen molar-refractivity contribution < 1.29 is 15.0 Å². The van der Waals surface area contributed by atoms with E-state index in [0.717, 1.165) is 51.4 Å². The average Bonchev–Trinajstić information content (AvgIpc) is 3.09. The molecule has 1 amide bonds. The quantitative estimate of drug-likeness (QED) is 0.0455. The molecule has 0 spiro atoms. The van der Waals surface area contributed by atoms with Gasteiger partial charge in [-0.2, -0.15) is 0 Å². The molecule has 0 aliphatic carbocycles. The zero-order chi connectivity index (χ0) is 35.0. The molecule has 0 saturated heterocycles. The molecule has 0 aromatic rings. The molecular weight excluding hydrogens is 590 g/mol. The fourth-order valence-corrected chi connectivity index (χ4v) is 6.17. The number of amides is 1. The molecule has 4 nitrogen and oxygen atoms in total. The van der Waals surface area contributed by atoms with Gasteiger partial charge in [0.1, 0.15) is 0 Å². The Morgan fingerprint density at radius 1 is 0.521 bits per heavy atom. The maximum Gasteiger partial charge on any atom is 0.220 e. The molecule has 280 valence electrons. The van der Waals surface area contributed by atoms with Crippen LogP contribution in [-0.2, 0) is 4.79 Å². The SMILES string of the molecule is CC/C=C\C/C=C\C/C=C\C/C=C\CCCCCCCCCCCCCCCCCCC(=O)NC(CO)C(O)CCCCCCCCC. The van der Waals surface area contributed by atoms with Crippen LogP contribution in [0.4, 0.5) is 0 Å². The lowest BCUT2D eigenvalue weighted by Crippen LogP contribution is -2.45. The number of hydrogen-bond acceptors (Lipinski definition) is 3. The summed E-state index contributed by atoms with van der Waals surface area (Å²) in [5.74, 6) is -0.0367. The molecule has 0 radical (unpaired) electrons. The summed E-state index contributed by atoms with van der Waals surface area (Å²) in [5.41, 5.74) is 0. The summed E-state index contributed by atoms with van der Waals surface area (Å²) in [6.07, 6.45) is 53.5. The van der Waals surface area contributed by atoms with Crippen LogP contribution in [0.5, 0.6) is 0 Å². The zero-order valence-electron chi connectivity index (χ0n) is 32.0. The van der Waals surface area contributed by atoms with Crippen molar-refractivity contribution in [1.29, 1.82) is 0 Å². The predicted molar refractivity (Wildman–Crippen MR) is 211 cm³/mol. The van der Waals surface area contributed by atoms with Gasteiger partial charge in [0.05, 0.1) is 18.8 Å². The molecule has 0 aliphatic heterocycles. The lowest BCUT2D eigenvalue weighted by molar-refractivity contribution is -0.123. The van der Waals surface area contributed by atoms with Crippen LogP contribution in [0.15, 0.2) is 48.6 Å². The van der Waals surface area contributed by atoms with Crippen LogP contribution in [0.25, 0.3) is 0 Å². The highest BCUT2D eigenvalue weighted by molar-refractivity contribution is 5.76. The number of allylic oxidation sites excluding steroid dienone is 8. The van der Waals surface area contributed by atoms with Gasteiger partial charge in [-0.1, -0.05) is 197 Å². The van der Waals surface area contributed by atoms with E-state index < -0.39 is 12.1 Å². The van der Waals surface area contributed by atoms with Gasteiger partial charge >= 0.3 is 0 Å². The Morgan fingerprint density at radius 2 is 0.917 bits per heavy atom. The van der Waals surface area contributed by atoms with Gasteiger partial charge in [0.15, 0.2) is 0 Å². The monoisotopic (exact) mass is 672 g/mol. The smallest absolute Gasteiger partial charge is 0.220 e. The third-order valence-corrected chi connectivity index (χ3v) is 9.35. The molecule has 0 aliphatic rings. The Balaban J connectivity index is 3.43. The third-order valence-electron chi connectivity index (χ3n) is 9.35. The fourth-order valence-electron chi connectivity index (χ4n) is 6.17. The number of hydrogen-bond donors (Lipinski definition) is 3. The Labute approximate surface area is 299 Å². The van der Waals surface area contributed by atoms with Gasteiger partial charge in [0.25, 0.3) is 0 Å². The van der Waals surface area contributed by atoms with Gasteiger partial charge in [0, 0.05) is 6.42 Å². The highest BCUT2D eigenvalue weighted by atomic mass is 16.3. The van der Waals surface area contributed by atoms with Gasteiger partial charge in [-0.15, -0.1) is 0 Å².